The molecule has 0 saturated heterocycles. The first kappa shape index (κ1) is 21.5. The van der Waals surface area contributed by atoms with Gasteiger partial charge in [-0.2, -0.15) is 4.39 Å². The molecule has 0 aliphatic heterocycles. The largest absolute Gasteiger partial charge is 0.341 e. The molecule has 2 aromatic heterocycles. The maximum absolute atomic E-state index is 13.3. The molecule has 0 unspecified atom stereocenters. The maximum atomic E-state index is 13.3. The van der Waals surface area contributed by atoms with Gasteiger partial charge in [0.2, 0.25) is 5.95 Å². The van der Waals surface area contributed by atoms with Crippen molar-refractivity contribution in [2.24, 2.45) is 0 Å². The fourth-order valence-electron chi connectivity index (χ4n) is 4.24. The van der Waals surface area contributed by atoms with Gasteiger partial charge in [0.1, 0.15) is 5.82 Å². The molecule has 0 bridgehead atoms. The predicted molar refractivity (Wildman–Crippen MR) is 122 cm³/mol. The van der Waals surface area contributed by atoms with Gasteiger partial charge >= 0.3 is 6.03 Å². The number of halogens is 1. The molecule has 166 valence electrons. The molecule has 0 radical (unpaired) electrons. The van der Waals surface area contributed by atoms with E-state index >= 15 is 0 Å². The van der Waals surface area contributed by atoms with Crippen molar-refractivity contribution in [2.75, 3.05) is 17.3 Å². The fraction of sp³-hybridized carbons (Fsp3) is 0.292. The number of hydrogen-bond donors (Lipinski definition) is 2. The quantitative estimate of drug-likeness (QED) is 0.416. The molecule has 1 saturated carbocycles. The van der Waals surface area contributed by atoms with Crippen LogP contribution in [0.4, 0.5) is 26.4 Å². The molecule has 0 spiro atoms. The van der Waals surface area contributed by atoms with Crippen LogP contribution < -0.4 is 15.5 Å². The summed E-state index contributed by atoms with van der Waals surface area (Å²) < 4.78 is 15.2. The first-order valence-electron chi connectivity index (χ1n) is 10.7. The summed E-state index contributed by atoms with van der Waals surface area (Å²) in [5, 5.41) is 6.04. The zero-order chi connectivity index (χ0) is 22.5. The molecule has 1 fully saturated rings. The highest BCUT2D eigenvalue weighted by Gasteiger charge is 2.32. The summed E-state index contributed by atoms with van der Waals surface area (Å²) in [6.45, 7) is 0.357. The highest BCUT2D eigenvalue weighted by atomic mass is 19.1. The van der Waals surface area contributed by atoms with Crippen LogP contribution in [-0.2, 0) is 6.54 Å². The highest BCUT2D eigenvalue weighted by Crippen LogP contribution is 2.36. The summed E-state index contributed by atoms with van der Waals surface area (Å²) in [6.07, 6.45) is 7.93. The third-order valence-electron chi connectivity index (χ3n) is 5.77. The molecule has 2 heterocycles. The first-order valence-corrected chi connectivity index (χ1v) is 10.7. The van der Waals surface area contributed by atoms with Crippen molar-refractivity contribution in [2.45, 2.75) is 38.3 Å². The molecule has 3 aromatic rings. The standard InChI is InChI=1S/C24H26FN5O2/c1-26-24(32)30(19-9-5-6-10-19)21-15-29(14-17-11-12-22(25)27-13-17)23(20(21)16-31)28-18-7-3-2-4-8-18/h2-4,7-8,11-13,15-16,19,28H,5-6,9-10,14H2,1H3,(H,26,32). The Balaban J connectivity index is 1.81. The summed E-state index contributed by atoms with van der Waals surface area (Å²) in [5.41, 5.74) is 2.54. The van der Waals surface area contributed by atoms with Gasteiger partial charge in [0.05, 0.1) is 17.8 Å². The van der Waals surface area contributed by atoms with Crippen molar-refractivity contribution in [3.63, 3.8) is 0 Å². The Hall–Kier alpha value is -3.68. The molecule has 0 atom stereocenters. The van der Waals surface area contributed by atoms with E-state index in [1.807, 2.05) is 41.1 Å². The Morgan fingerprint density at radius 1 is 1.22 bits per heavy atom. The molecular formula is C24H26FN5O2. The molecule has 4 rings (SSSR count). The monoisotopic (exact) mass is 435 g/mol. The van der Waals surface area contributed by atoms with Crippen LogP contribution >= 0.6 is 0 Å². The molecule has 2 N–H and O–H groups in total. The number of pyridine rings is 1. The number of urea groups is 1. The van der Waals surface area contributed by atoms with Crippen molar-refractivity contribution in [3.05, 3.63) is 71.9 Å². The highest BCUT2D eigenvalue weighted by molar-refractivity contribution is 6.01. The van der Waals surface area contributed by atoms with Crippen molar-refractivity contribution in [1.29, 1.82) is 0 Å². The lowest BCUT2D eigenvalue weighted by molar-refractivity contribution is 0.112. The van der Waals surface area contributed by atoms with E-state index in [9.17, 15) is 14.0 Å². The number of amides is 2. The summed E-state index contributed by atoms with van der Waals surface area (Å²) in [7, 11) is 1.59. The topological polar surface area (TPSA) is 79.3 Å². The summed E-state index contributed by atoms with van der Waals surface area (Å²) in [4.78, 5) is 30.6. The predicted octanol–water partition coefficient (Wildman–Crippen LogP) is 4.72. The average Bonchev–Trinajstić information content (AvgIpc) is 3.45. The lowest BCUT2D eigenvalue weighted by atomic mass is 10.1. The van der Waals surface area contributed by atoms with E-state index in [4.69, 9.17) is 0 Å². The van der Waals surface area contributed by atoms with Gasteiger partial charge in [-0.3, -0.25) is 9.69 Å². The number of nitrogens with one attached hydrogen (secondary N) is 2. The summed E-state index contributed by atoms with van der Waals surface area (Å²) in [5.74, 6) is 0.0163. The van der Waals surface area contributed by atoms with Crippen LogP contribution in [0.1, 0.15) is 41.6 Å². The zero-order valence-electron chi connectivity index (χ0n) is 17.9. The van der Waals surface area contributed by atoms with E-state index < -0.39 is 5.95 Å². The van der Waals surface area contributed by atoms with Crippen molar-refractivity contribution < 1.29 is 14.0 Å². The molecule has 2 amide bonds. The van der Waals surface area contributed by atoms with Crippen molar-refractivity contribution >= 4 is 29.5 Å². The van der Waals surface area contributed by atoms with Gasteiger partial charge < -0.3 is 15.2 Å². The third-order valence-corrected chi connectivity index (χ3v) is 5.77. The van der Waals surface area contributed by atoms with Gasteiger partial charge in [-0.1, -0.05) is 37.1 Å². The van der Waals surface area contributed by atoms with E-state index in [-0.39, 0.29) is 12.1 Å². The van der Waals surface area contributed by atoms with Gasteiger partial charge in [-0.05, 0) is 36.6 Å². The number of anilines is 3. The van der Waals surface area contributed by atoms with E-state index in [1.54, 1.807) is 18.0 Å². The van der Waals surface area contributed by atoms with Crippen molar-refractivity contribution in [1.82, 2.24) is 14.9 Å². The molecule has 1 aliphatic carbocycles. The number of aldehydes is 1. The van der Waals surface area contributed by atoms with E-state index in [2.05, 4.69) is 15.6 Å². The lowest BCUT2D eigenvalue weighted by Crippen LogP contribution is -2.44. The molecule has 32 heavy (non-hydrogen) atoms. The van der Waals surface area contributed by atoms with Crippen molar-refractivity contribution in [3.8, 4) is 0 Å². The minimum atomic E-state index is -0.551. The normalized spacial score (nSPS) is 13.7. The van der Waals surface area contributed by atoms with Gasteiger partial charge in [-0.25, -0.2) is 9.78 Å². The van der Waals surface area contributed by atoms with Crippen LogP contribution in [0, 0.1) is 5.95 Å². The molecule has 1 aromatic carbocycles. The number of aromatic nitrogens is 2. The van der Waals surface area contributed by atoms with E-state index in [0.29, 0.717) is 23.6 Å². The first-order chi connectivity index (χ1) is 15.6. The number of nitrogens with zero attached hydrogens (tertiary/aromatic N) is 3. The second-order valence-electron chi connectivity index (χ2n) is 7.87. The van der Waals surface area contributed by atoms with Gasteiger partial charge in [0, 0.05) is 31.2 Å². The smallest absolute Gasteiger partial charge is 0.321 e. The van der Waals surface area contributed by atoms with Gasteiger partial charge in [-0.15, -0.1) is 0 Å². The number of carbonyl (C=O) groups is 2. The minimum Gasteiger partial charge on any atom is -0.341 e. The summed E-state index contributed by atoms with van der Waals surface area (Å²) in [6, 6.07) is 12.3. The fourth-order valence-corrected chi connectivity index (χ4v) is 4.24. The van der Waals surface area contributed by atoms with Crippen LogP contribution in [0.5, 0.6) is 0 Å². The molecule has 7 nitrogen and oxygen atoms in total. The second-order valence-corrected chi connectivity index (χ2v) is 7.87. The molecule has 1 aliphatic rings. The Bertz CT molecular complexity index is 1080. The lowest BCUT2D eigenvalue weighted by Gasteiger charge is -2.28. The second kappa shape index (κ2) is 9.64. The Morgan fingerprint density at radius 2 is 1.97 bits per heavy atom. The maximum Gasteiger partial charge on any atom is 0.321 e. The Labute approximate surface area is 186 Å². The minimum absolute atomic E-state index is 0.0292. The number of hydrogen-bond acceptors (Lipinski definition) is 4. The zero-order valence-corrected chi connectivity index (χ0v) is 17.9. The number of rotatable bonds is 7. The molecular weight excluding hydrogens is 409 g/mol. The van der Waals surface area contributed by atoms with Crippen LogP contribution in [0.15, 0.2) is 54.9 Å². The number of para-hydroxylation sites is 1. The number of carbonyl (C=O) groups excluding carboxylic acids is 2. The Morgan fingerprint density at radius 3 is 2.59 bits per heavy atom. The van der Waals surface area contributed by atoms with Crippen LogP contribution in [-0.4, -0.2) is 35.0 Å². The number of benzene rings is 1. The third kappa shape index (κ3) is 4.49. The van der Waals surface area contributed by atoms with E-state index in [1.165, 1.54) is 12.3 Å². The van der Waals surface area contributed by atoms with Crippen LogP contribution in [0.3, 0.4) is 0 Å². The van der Waals surface area contributed by atoms with Gasteiger partial charge in [0.15, 0.2) is 6.29 Å². The molecule has 8 heteroatoms. The SMILES string of the molecule is CNC(=O)N(c1cn(Cc2ccc(F)nc2)c(Nc2ccccc2)c1C=O)C1CCCC1. The average molecular weight is 436 g/mol. The van der Waals surface area contributed by atoms with Crippen LogP contribution in [0.2, 0.25) is 0 Å². The van der Waals surface area contributed by atoms with Gasteiger partial charge in [0.25, 0.3) is 0 Å². The van der Waals surface area contributed by atoms with Crippen LogP contribution in [0.25, 0.3) is 0 Å². The van der Waals surface area contributed by atoms with E-state index in [0.717, 1.165) is 43.2 Å². The Kier molecular flexibility index (Phi) is 6.49. The summed E-state index contributed by atoms with van der Waals surface area (Å²) >= 11 is 0.